The molecule has 2 aromatic rings. The third-order valence-electron chi connectivity index (χ3n) is 4.89. The first-order valence-electron chi connectivity index (χ1n) is 9.64. The van der Waals surface area contributed by atoms with Crippen molar-refractivity contribution in [2.45, 2.75) is 26.4 Å². The van der Waals surface area contributed by atoms with Gasteiger partial charge >= 0.3 is 6.03 Å². The van der Waals surface area contributed by atoms with Gasteiger partial charge in [-0.1, -0.05) is 24.6 Å². The molecule has 8 nitrogen and oxygen atoms in total. The predicted octanol–water partition coefficient (Wildman–Crippen LogP) is 3.91. The molecule has 2 aliphatic heterocycles. The third kappa shape index (κ3) is 4.06. The van der Waals surface area contributed by atoms with E-state index < -0.39 is 17.8 Å². The second-order valence-corrected chi connectivity index (χ2v) is 7.43. The predicted molar refractivity (Wildman–Crippen MR) is 113 cm³/mol. The number of hydrogen-bond donors (Lipinski definition) is 1. The molecule has 1 N–H and O–H groups in total. The van der Waals surface area contributed by atoms with Gasteiger partial charge in [-0.05, 0) is 49.2 Å². The number of hydrogen-bond acceptors (Lipinski definition) is 6. The Balaban J connectivity index is 1.64. The molecular weight excluding hydrogens is 424 g/mol. The molecule has 0 bridgehead atoms. The Hall–Kier alpha value is -3.52. The lowest BCUT2D eigenvalue weighted by Gasteiger charge is -2.26. The Labute approximate surface area is 183 Å². The Kier molecular flexibility index (Phi) is 5.56. The molecule has 9 heteroatoms. The molecule has 31 heavy (non-hydrogen) atoms. The Morgan fingerprint density at radius 2 is 1.94 bits per heavy atom. The largest absolute Gasteiger partial charge is 0.489 e. The van der Waals surface area contributed by atoms with Gasteiger partial charge in [-0.15, -0.1) is 0 Å². The topological polar surface area (TPSA) is 94.2 Å². The van der Waals surface area contributed by atoms with E-state index in [2.05, 4.69) is 5.32 Å². The van der Waals surface area contributed by atoms with Crippen molar-refractivity contribution in [2.75, 3.05) is 11.7 Å². The molecule has 1 atom stereocenters. The molecule has 2 aliphatic rings. The van der Waals surface area contributed by atoms with Gasteiger partial charge in [-0.3, -0.25) is 14.9 Å². The highest BCUT2D eigenvalue weighted by Gasteiger charge is 2.37. The van der Waals surface area contributed by atoms with Crippen LogP contribution in [0.4, 0.5) is 10.5 Å². The maximum absolute atomic E-state index is 13.0. The molecule has 0 saturated carbocycles. The highest BCUT2D eigenvalue weighted by molar-refractivity contribution is 6.39. The van der Waals surface area contributed by atoms with Gasteiger partial charge in [0.1, 0.15) is 11.3 Å². The normalized spacial score (nSPS) is 17.7. The van der Waals surface area contributed by atoms with E-state index in [0.29, 0.717) is 27.8 Å². The third-order valence-corrected chi connectivity index (χ3v) is 5.18. The first kappa shape index (κ1) is 20.7. The van der Waals surface area contributed by atoms with Crippen LogP contribution in [-0.2, 0) is 9.59 Å². The number of nitrogens with zero attached hydrogens (tertiary/aromatic N) is 1. The van der Waals surface area contributed by atoms with Crippen molar-refractivity contribution in [3.63, 3.8) is 0 Å². The Morgan fingerprint density at radius 1 is 1.16 bits per heavy atom. The summed E-state index contributed by atoms with van der Waals surface area (Å²) in [7, 11) is 0. The Bertz CT molecular complexity index is 1110. The number of rotatable bonds is 5. The fourth-order valence-electron chi connectivity index (χ4n) is 3.09. The fourth-order valence-corrected chi connectivity index (χ4v) is 3.32. The number of halogens is 1. The second-order valence-electron chi connectivity index (χ2n) is 7.02. The minimum Gasteiger partial charge on any atom is -0.489 e. The van der Waals surface area contributed by atoms with Gasteiger partial charge in [0, 0.05) is 6.07 Å². The van der Waals surface area contributed by atoms with Crippen LogP contribution in [0.25, 0.3) is 6.08 Å². The van der Waals surface area contributed by atoms with Crippen molar-refractivity contribution >= 4 is 41.2 Å². The minimum atomic E-state index is -0.846. The average molecular weight is 443 g/mol. The molecule has 0 radical (unpaired) electrons. The molecule has 0 unspecified atom stereocenters. The van der Waals surface area contributed by atoms with Crippen molar-refractivity contribution in [1.82, 2.24) is 5.32 Å². The van der Waals surface area contributed by atoms with E-state index in [9.17, 15) is 14.4 Å². The monoisotopic (exact) mass is 442 g/mol. The highest BCUT2D eigenvalue weighted by Crippen LogP contribution is 2.36. The lowest BCUT2D eigenvalue weighted by Crippen LogP contribution is -2.54. The van der Waals surface area contributed by atoms with Gasteiger partial charge in [-0.2, -0.15) is 0 Å². The molecule has 0 aliphatic carbocycles. The van der Waals surface area contributed by atoms with Crippen LogP contribution < -0.4 is 24.4 Å². The summed E-state index contributed by atoms with van der Waals surface area (Å²) in [4.78, 5) is 38.7. The molecule has 1 saturated heterocycles. The molecule has 4 rings (SSSR count). The molecular formula is C22H19ClN2O6. The standard InChI is InChI=1S/C22H19ClN2O6/c1-3-12(2)31-17-6-4-13(9-16(17)23)8-15-20(26)24-22(28)25(21(15)27)14-5-7-18-19(10-14)30-11-29-18/h4-10,12H,3,11H2,1-2H3,(H,24,26,28)/b15-8+/t12-/m0/s1. The summed E-state index contributed by atoms with van der Waals surface area (Å²) in [5, 5.41) is 2.53. The maximum atomic E-state index is 13.0. The van der Waals surface area contributed by atoms with Crippen LogP contribution in [0.3, 0.4) is 0 Å². The van der Waals surface area contributed by atoms with Crippen LogP contribution in [0.1, 0.15) is 25.8 Å². The molecule has 4 amide bonds. The van der Waals surface area contributed by atoms with Gasteiger partial charge < -0.3 is 14.2 Å². The first-order valence-corrected chi connectivity index (χ1v) is 10.0. The first-order chi connectivity index (χ1) is 14.9. The number of fused-ring (bicyclic) bond motifs is 1. The number of nitrogens with one attached hydrogen (secondary N) is 1. The van der Waals surface area contributed by atoms with E-state index in [-0.39, 0.29) is 24.2 Å². The van der Waals surface area contributed by atoms with E-state index in [1.165, 1.54) is 18.2 Å². The number of carbonyl (C=O) groups is 3. The number of carbonyl (C=O) groups excluding carboxylic acids is 3. The van der Waals surface area contributed by atoms with E-state index in [1.54, 1.807) is 24.3 Å². The van der Waals surface area contributed by atoms with Crippen LogP contribution in [0.15, 0.2) is 42.0 Å². The Morgan fingerprint density at radius 3 is 2.68 bits per heavy atom. The number of barbiturate groups is 1. The summed E-state index contributed by atoms with van der Waals surface area (Å²) in [5.74, 6) is -0.125. The van der Waals surface area contributed by atoms with Crippen LogP contribution >= 0.6 is 11.6 Å². The van der Waals surface area contributed by atoms with E-state index in [0.717, 1.165) is 11.3 Å². The quantitative estimate of drug-likeness (QED) is 0.557. The smallest absolute Gasteiger partial charge is 0.335 e. The number of benzene rings is 2. The molecule has 1 fully saturated rings. The molecule has 0 spiro atoms. The van der Waals surface area contributed by atoms with Crippen LogP contribution in [0.5, 0.6) is 17.2 Å². The fraction of sp³-hybridized carbons (Fsp3) is 0.227. The number of imide groups is 2. The average Bonchev–Trinajstić information content (AvgIpc) is 3.20. The van der Waals surface area contributed by atoms with Gasteiger partial charge in [-0.25, -0.2) is 9.69 Å². The lowest BCUT2D eigenvalue weighted by molar-refractivity contribution is -0.122. The second kappa shape index (κ2) is 8.31. The summed E-state index contributed by atoms with van der Waals surface area (Å²) in [6, 6.07) is 8.73. The van der Waals surface area contributed by atoms with Crippen molar-refractivity contribution in [3.8, 4) is 17.2 Å². The van der Waals surface area contributed by atoms with Crippen LogP contribution in [0, 0.1) is 0 Å². The number of urea groups is 1. The summed E-state index contributed by atoms with van der Waals surface area (Å²) in [5.41, 5.74) is 0.560. The molecule has 2 aromatic carbocycles. The van der Waals surface area contributed by atoms with Gasteiger partial charge in [0.05, 0.1) is 16.8 Å². The van der Waals surface area contributed by atoms with Crippen LogP contribution in [0.2, 0.25) is 5.02 Å². The number of ether oxygens (including phenoxy) is 3. The van der Waals surface area contributed by atoms with E-state index >= 15 is 0 Å². The van der Waals surface area contributed by atoms with E-state index in [1.807, 2.05) is 13.8 Å². The molecule has 2 heterocycles. The zero-order valence-corrected chi connectivity index (χ0v) is 17.6. The maximum Gasteiger partial charge on any atom is 0.335 e. The van der Waals surface area contributed by atoms with Crippen LogP contribution in [-0.4, -0.2) is 30.7 Å². The lowest BCUT2D eigenvalue weighted by atomic mass is 10.1. The highest BCUT2D eigenvalue weighted by atomic mass is 35.5. The number of anilines is 1. The summed E-state index contributed by atoms with van der Waals surface area (Å²) in [6.07, 6.45) is 2.19. The molecule has 0 aromatic heterocycles. The van der Waals surface area contributed by atoms with Crippen molar-refractivity contribution in [1.29, 1.82) is 0 Å². The van der Waals surface area contributed by atoms with Gasteiger partial charge in [0.25, 0.3) is 11.8 Å². The summed E-state index contributed by atoms with van der Waals surface area (Å²) in [6.45, 7) is 3.98. The van der Waals surface area contributed by atoms with Gasteiger partial charge in [0.15, 0.2) is 11.5 Å². The SMILES string of the molecule is CC[C@H](C)Oc1ccc(/C=C2\C(=O)NC(=O)N(c3ccc4c(c3)OCO4)C2=O)cc1Cl. The zero-order chi connectivity index (χ0) is 22.1. The number of amides is 4. The van der Waals surface area contributed by atoms with Crippen molar-refractivity contribution < 1.29 is 28.6 Å². The van der Waals surface area contributed by atoms with Gasteiger partial charge in [0.2, 0.25) is 6.79 Å². The molecule has 160 valence electrons. The summed E-state index contributed by atoms with van der Waals surface area (Å²) >= 11 is 6.29. The summed E-state index contributed by atoms with van der Waals surface area (Å²) < 4.78 is 16.3. The van der Waals surface area contributed by atoms with Crippen molar-refractivity contribution in [3.05, 3.63) is 52.6 Å². The van der Waals surface area contributed by atoms with E-state index in [4.69, 9.17) is 25.8 Å². The minimum absolute atomic E-state index is 0.00586. The van der Waals surface area contributed by atoms with Crippen molar-refractivity contribution in [2.24, 2.45) is 0 Å². The zero-order valence-electron chi connectivity index (χ0n) is 16.8.